The molecule has 1 atom stereocenters. The number of amides is 1. The molecular formula is C17H18N6O5S. The van der Waals surface area contributed by atoms with Gasteiger partial charge in [0.25, 0.3) is 5.91 Å². The highest BCUT2D eigenvalue weighted by Gasteiger charge is 2.27. The van der Waals surface area contributed by atoms with E-state index in [1.54, 1.807) is 15.8 Å². The second kappa shape index (κ2) is 7.64. The summed E-state index contributed by atoms with van der Waals surface area (Å²) in [7, 11) is 1.35. The Morgan fingerprint density at radius 2 is 2.28 bits per heavy atom. The number of β-amino-alcohol motifs (C(OH)–C–C–N with tert-alkyl or cyclic N) is 1. The molecule has 152 valence electrons. The van der Waals surface area contributed by atoms with Crippen LogP contribution in [-0.4, -0.2) is 57.3 Å². The van der Waals surface area contributed by atoms with Crippen molar-refractivity contribution in [2.24, 2.45) is 0 Å². The predicted molar refractivity (Wildman–Crippen MR) is 104 cm³/mol. The van der Waals surface area contributed by atoms with Gasteiger partial charge in [-0.3, -0.25) is 10.1 Å². The van der Waals surface area contributed by atoms with Crippen LogP contribution in [-0.2, 0) is 0 Å². The Morgan fingerprint density at radius 3 is 2.93 bits per heavy atom. The van der Waals surface area contributed by atoms with Crippen LogP contribution in [0.3, 0.4) is 0 Å². The van der Waals surface area contributed by atoms with Crippen LogP contribution < -0.4 is 20.6 Å². The Labute approximate surface area is 168 Å². The van der Waals surface area contributed by atoms with Crippen molar-refractivity contribution in [3.63, 3.8) is 0 Å². The molecule has 1 aliphatic rings. The average Bonchev–Trinajstić information content (AvgIpc) is 3.42. The molecule has 4 rings (SSSR count). The van der Waals surface area contributed by atoms with E-state index in [1.807, 2.05) is 13.0 Å². The largest absolute Gasteiger partial charge is 0.488 e. The molecule has 4 heterocycles. The van der Waals surface area contributed by atoms with Crippen LogP contribution in [0.25, 0.3) is 5.13 Å². The summed E-state index contributed by atoms with van der Waals surface area (Å²) >= 11 is 1.13. The van der Waals surface area contributed by atoms with Gasteiger partial charge in [0.2, 0.25) is 16.0 Å². The minimum absolute atomic E-state index is 0.0111. The van der Waals surface area contributed by atoms with Gasteiger partial charge in [-0.15, -0.1) is 10.2 Å². The van der Waals surface area contributed by atoms with Gasteiger partial charge in [0.15, 0.2) is 5.76 Å². The summed E-state index contributed by atoms with van der Waals surface area (Å²) in [5, 5.41) is 25.2. The predicted octanol–water partition coefficient (Wildman–Crippen LogP) is 0.817. The number of methoxy groups -OCH3 is 1. The molecule has 0 saturated carbocycles. The van der Waals surface area contributed by atoms with Gasteiger partial charge in [0, 0.05) is 31.0 Å². The van der Waals surface area contributed by atoms with Gasteiger partial charge in [-0.05, 0) is 19.4 Å². The number of carbonyl (C=O) groups excluding carboxylic acids is 1. The first-order valence-corrected chi connectivity index (χ1v) is 9.59. The number of nitrogens with one attached hydrogen (secondary N) is 1. The zero-order valence-corrected chi connectivity index (χ0v) is 16.5. The number of aryl methyl sites for hydroxylation is 1. The van der Waals surface area contributed by atoms with Crippen LogP contribution in [0.4, 0.5) is 10.8 Å². The van der Waals surface area contributed by atoms with E-state index in [4.69, 9.17) is 9.15 Å². The Bertz CT molecular complexity index is 1110. The first-order valence-electron chi connectivity index (χ1n) is 8.77. The summed E-state index contributed by atoms with van der Waals surface area (Å²) in [5.41, 5.74) is 0.495. The van der Waals surface area contributed by atoms with E-state index in [2.05, 4.69) is 20.6 Å². The standard InChI is InChI=1S/C17H18N6O5S/c1-9-3-5-18-23(9)17-21-20-16(29-17)19-14(25)12-7-11(13(27-2)15(26)28-12)22-6-4-10(24)8-22/h3,5,7,10,24H,4,6,8H2,1-2H3,(H,19,20,25)/t10-/m1/s1. The maximum absolute atomic E-state index is 12.6. The fourth-order valence-electron chi connectivity index (χ4n) is 3.05. The summed E-state index contributed by atoms with van der Waals surface area (Å²) in [6.45, 7) is 2.74. The van der Waals surface area contributed by atoms with Crippen molar-refractivity contribution in [1.29, 1.82) is 0 Å². The molecule has 0 unspecified atom stereocenters. The zero-order chi connectivity index (χ0) is 20.5. The smallest absolute Gasteiger partial charge is 0.381 e. The average molecular weight is 418 g/mol. The Kier molecular flexibility index (Phi) is 5.03. The molecule has 1 amide bonds. The summed E-state index contributed by atoms with van der Waals surface area (Å²) in [6, 6.07) is 3.25. The molecule has 0 radical (unpaired) electrons. The number of hydrogen-bond donors (Lipinski definition) is 2. The molecule has 0 bridgehead atoms. The lowest BCUT2D eigenvalue weighted by Gasteiger charge is -2.20. The highest BCUT2D eigenvalue weighted by atomic mass is 32.1. The molecule has 1 saturated heterocycles. The van der Waals surface area contributed by atoms with Crippen LogP contribution >= 0.6 is 11.3 Å². The van der Waals surface area contributed by atoms with Gasteiger partial charge >= 0.3 is 5.63 Å². The lowest BCUT2D eigenvalue weighted by molar-refractivity contribution is 0.0991. The van der Waals surface area contributed by atoms with Crippen LogP contribution in [0, 0.1) is 6.92 Å². The third-order valence-electron chi connectivity index (χ3n) is 4.47. The van der Waals surface area contributed by atoms with Gasteiger partial charge in [0.1, 0.15) is 0 Å². The van der Waals surface area contributed by atoms with Crippen molar-refractivity contribution >= 4 is 28.1 Å². The molecule has 0 aliphatic carbocycles. The number of rotatable bonds is 5. The number of hydrogen-bond acceptors (Lipinski definition) is 10. The van der Waals surface area contributed by atoms with Crippen molar-refractivity contribution in [1.82, 2.24) is 20.0 Å². The summed E-state index contributed by atoms with van der Waals surface area (Å²) in [5.74, 6) is -0.854. The summed E-state index contributed by atoms with van der Waals surface area (Å²) in [6.07, 6.45) is 1.69. The molecule has 2 N–H and O–H groups in total. The second-order valence-corrected chi connectivity index (χ2v) is 7.39. The van der Waals surface area contributed by atoms with E-state index in [0.29, 0.717) is 30.3 Å². The monoisotopic (exact) mass is 418 g/mol. The molecule has 12 heteroatoms. The lowest BCUT2D eigenvalue weighted by Crippen LogP contribution is -2.25. The summed E-state index contributed by atoms with van der Waals surface area (Å²) in [4.78, 5) is 26.7. The van der Waals surface area contributed by atoms with Crippen LogP contribution in [0.15, 0.2) is 27.5 Å². The Balaban J connectivity index is 1.59. The highest BCUT2D eigenvalue weighted by Crippen LogP contribution is 2.29. The fourth-order valence-corrected chi connectivity index (χ4v) is 3.80. The first-order chi connectivity index (χ1) is 14.0. The second-order valence-electron chi connectivity index (χ2n) is 6.43. The van der Waals surface area contributed by atoms with E-state index in [0.717, 1.165) is 17.0 Å². The molecule has 0 aromatic carbocycles. The minimum atomic E-state index is -0.776. The molecule has 1 aliphatic heterocycles. The summed E-state index contributed by atoms with van der Waals surface area (Å²) < 4.78 is 11.9. The van der Waals surface area contributed by atoms with Crippen LogP contribution in [0.2, 0.25) is 0 Å². The third-order valence-corrected chi connectivity index (χ3v) is 5.28. The molecule has 11 nitrogen and oxygen atoms in total. The Hall–Kier alpha value is -3.25. The molecule has 0 spiro atoms. The quantitative estimate of drug-likeness (QED) is 0.617. The molecule has 1 fully saturated rings. The van der Waals surface area contributed by atoms with Crippen molar-refractivity contribution in [2.75, 3.05) is 30.4 Å². The SMILES string of the molecule is COc1c(N2CC[C@@H](O)C2)cc(C(=O)Nc2nnc(-n3nccc3C)s2)oc1=O. The van der Waals surface area contributed by atoms with Gasteiger partial charge in [0.05, 0.1) is 18.9 Å². The molecular weight excluding hydrogens is 400 g/mol. The number of aliphatic hydroxyl groups excluding tert-OH is 1. The van der Waals surface area contributed by atoms with Crippen molar-refractivity contribution in [3.05, 3.63) is 40.2 Å². The zero-order valence-electron chi connectivity index (χ0n) is 15.7. The van der Waals surface area contributed by atoms with Crippen molar-refractivity contribution in [3.8, 4) is 10.9 Å². The Morgan fingerprint density at radius 1 is 1.45 bits per heavy atom. The number of ether oxygens (including phenoxy) is 1. The topological polar surface area (TPSA) is 136 Å². The normalized spacial score (nSPS) is 16.2. The van der Waals surface area contributed by atoms with E-state index >= 15 is 0 Å². The number of nitrogens with zero attached hydrogens (tertiary/aromatic N) is 5. The van der Waals surface area contributed by atoms with Gasteiger partial charge < -0.3 is 19.2 Å². The van der Waals surface area contributed by atoms with Crippen LogP contribution in [0.1, 0.15) is 22.7 Å². The number of aromatic nitrogens is 4. The van der Waals surface area contributed by atoms with Gasteiger partial charge in [-0.2, -0.15) is 5.10 Å². The van der Waals surface area contributed by atoms with E-state index in [-0.39, 0.29) is 16.6 Å². The lowest BCUT2D eigenvalue weighted by atomic mass is 10.3. The minimum Gasteiger partial charge on any atom is -0.488 e. The molecule has 3 aromatic rings. The van der Waals surface area contributed by atoms with Crippen molar-refractivity contribution in [2.45, 2.75) is 19.4 Å². The van der Waals surface area contributed by atoms with Gasteiger partial charge in [-0.1, -0.05) is 11.3 Å². The highest BCUT2D eigenvalue weighted by molar-refractivity contribution is 7.17. The molecule has 29 heavy (non-hydrogen) atoms. The van der Waals surface area contributed by atoms with E-state index in [1.165, 1.54) is 13.2 Å². The van der Waals surface area contributed by atoms with Gasteiger partial charge in [-0.25, -0.2) is 9.48 Å². The number of carbonyl (C=O) groups is 1. The first kappa shape index (κ1) is 19.1. The number of anilines is 2. The van der Waals surface area contributed by atoms with Crippen molar-refractivity contribution < 1.29 is 19.1 Å². The maximum Gasteiger partial charge on any atom is 0.381 e. The van der Waals surface area contributed by atoms with E-state index < -0.39 is 17.6 Å². The third kappa shape index (κ3) is 3.71. The molecule has 3 aromatic heterocycles. The van der Waals surface area contributed by atoms with Crippen LogP contribution in [0.5, 0.6) is 5.75 Å². The van der Waals surface area contributed by atoms with E-state index in [9.17, 15) is 14.7 Å². The number of aliphatic hydroxyl groups is 1. The maximum atomic E-state index is 12.6. The fraction of sp³-hybridized carbons (Fsp3) is 0.353.